The van der Waals surface area contributed by atoms with Crippen molar-refractivity contribution in [2.75, 3.05) is 32.7 Å². The summed E-state index contributed by atoms with van der Waals surface area (Å²) in [5.74, 6) is 1.41. The number of ether oxygens (including phenoxy) is 1. The minimum Gasteiger partial charge on any atom is -0.507 e. The van der Waals surface area contributed by atoms with Gasteiger partial charge in [-0.05, 0) is 80.5 Å². The van der Waals surface area contributed by atoms with Crippen LogP contribution in [0.25, 0.3) is 0 Å². The van der Waals surface area contributed by atoms with Crippen molar-refractivity contribution in [3.63, 3.8) is 0 Å². The lowest BCUT2D eigenvalue weighted by Gasteiger charge is -2.44. The Bertz CT molecular complexity index is 1220. The summed E-state index contributed by atoms with van der Waals surface area (Å²) in [5.41, 5.74) is 6.50. The molecule has 0 aliphatic carbocycles. The van der Waals surface area contributed by atoms with Gasteiger partial charge in [-0.2, -0.15) is 0 Å². The minimum absolute atomic E-state index is 0.222. The molecule has 0 radical (unpaired) electrons. The van der Waals surface area contributed by atoms with Crippen molar-refractivity contribution in [2.24, 2.45) is 0 Å². The van der Waals surface area contributed by atoms with E-state index < -0.39 is 0 Å². The maximum Gasteiger partial charge on any atom is 0.127 e. The van der Waals surface area contributed by atoms with Gasteiger partial charge in [0.1, 0.15) is 17.1 Å². The molecule has 0 amide bonds. The van der Waals surface area contributed by atoms with Crippen molar-refractivity contribution < 1.29 is 9.84 Å². The number of halogens is 1. The molecule has 2 atom stereocenters. The number of benzene rings is 3. The van der Waals surface area contributed by atoms with Gasteiger partial charge in [-0.25, -0.2) is 0 Å². The molecule has 2 aliphatic rings. The number of hydrogen-bond donors (Lipinski definition) is 1. The molecule has 3 aromatic rings. The Morgan fingerprint density at radius 3 is 2.19 bits per heavy atom. The van der Waals surface area contributed by atoms with Crippen LogP contribution in [0.5, 0.6) is 11.5 Å². The topological polar surface area (TPSA) is 35.9 Å². The highest BCUT2D eigenvalue weighted by atomic mass is 35.5. The van der Waals surface area contributed by atoms with E-state index in [4.69, 9.17) is 16.3 Å². The van der Waals surface area contributed by atoms with Gasteiger partial charge in [-0.3, -0.25) is 9.80 Å². The monoisotopic (exact) mass is 504 g/mol. The molecule has 4 nitrogen and oxygen atoms in total. The molecule has 3 aromatic carbocycles. The largest absolute Gasteiger partial charge is 0.507 e. The highest BCUT2D eigenvalue weighted by molar-refractivity contribution is 6.30. The molecule has 1 saturated heterocycles. The lowest BCUT2D eigenvalue weighted by atomic mass is 9.86. The number of hydrogen-bond acceptors (Lipinski definition) is 4. The first-order valence-corrected chi connectivity index (χ1v) is 13.4. The molecule has 2 unspecified atom stereocenters. The Morgan fingerprint density at radius 1 is 0.889 bits per heavy atom. The number of piperazine rings is 1. The second-order valence-electron chi connectivity index (χ2n) is 10.8. The zero-order chi connectivity index (χ0) is 25.4. The van der Waals surface area contributed by atoms with Crippen LogP contribution in [0.1, 0.15) is 52.8 Å². The number of aromatic hydroxyl groups is 1. The van der Waals surface area contributed by atoms with E-state index in [0.29, 0.717) is 5.75 Å². The van der Waals surface area contributed by atoms with Crippen LogP contribution in [0.2, 0.25) is 5.02 Å². The van der Waals surface area contributed by atoms with E-state index >= 15 is 0 Å². The Hall–Kier alpha value is -2.53. The van der Waals surface area contributed by atoms with Gasteiger partial charge in [0.2, 0.25) is 0 Å². The summed E-state index contributed by atoms with van der Waals surface area (Å²) >= 11 is 6.19. The van der Waals surface area contributed by atoms with E-state index in [2.05, 4.69) is 66.1 Å². The van der Waals surface area contributed by atoms with Crippen LogP contribution in [0.4, 0.5) is 0 Å². The van der Waals surface area contributed by atoms with Gasteiger partial charge in [0.15, 0.2) is 0 Å². The summed E-state index contributed by atoms with van der Waals surface area (Å²) in [6, 6.07) is 19.3. The average Bonchev–Trinajstić information content (AvgIpc) is 2.89. The average molecular weight is 505 g/mol. The van der Waals surface area contributed by atoms with Crippen LogP contribution in [0, 0.1) is 20.8 Å². The molecule has 2 aliphatic heterocycles. The van der Waals surface area contributed by atoms with E-state index in [1.54, 1.807) is 0 Å². The Kier molecular flexibility index (Phi) is 7.04. The highest BCUT2D eigenvalue weighted by Crippen LogP contribution is 2.43. The standard InChI is InChI=1S/C31H37ClN2O2/c1-21-22(2)30-27(23(3)29(21)35)14-15-31(4,36-30)20-33-16-18-34(19-17-33)28(24-8-6-5-7-9-24)25-10-12-26(32)13-11-25/h5-13,28,35H,14-20H2,1-4H3. The van der Waals surface area contributed by atoms with Crippen LogP contribution >= 0.6 is 11.6 Å². The highest BCUT2D eigenvalue weighted by Gasteiger charge is 2.37. The van der Waals surface area contributed by atoms with Gasteiger partial charge in [-0.1, -0.05) is 54.1 Å². The number of phenolic OH excluding ortho intramolecular Hbond substituents is 1. The molecule has 2 heterocycles. The SMILES string of the molecule is Cc1c(C)c2c(c(C)c1O)CCC(C)(CN1CCN(C(c3ccccc3)c3ccc(Cl)cc3)CC1)O2. The fourth-order valence-electron chi connectivity index (χ4n) is 5.95. The second kappa shape index (κ2) is 10.1. The van der Waals surface area contributed by atoms with Crippen molar-refractivity contribution in [1.82, 2.24) is 9.80 Å². The summed E-state index contributed by atoms with van der Waals surface area (Å²) in [6.45, 7) is 13.2. The van der Waals surface area contributed by atoms with Crippen LogP contribution in [0.3, 0.4) is 0 Å². The Balaban J connectivity index is 1.29. The van der Waals surface area contributed by atoms with Gasteiger partial charge in [-0.15, -0.1) is 0 Å². The predicted molar refractivity (Wildman–Crippen MR) is 147 cm³/mol. The molecule has 0 saturated carbocycles. The first-order valence-electron chi connectivity index (χ1n) is 13.0. The van der Waals surface area contributed by atoms with E-state index in [0.717, 1.165) is 73.0 Å². The molecule has 36 heavy (non-hydrogen) atoms. The smallest absolute Gasteiger partial charge is 0.127 e. The van der Waals surface area contributed by atoms with Crippen molar-refractivity contribution in [1.29, 1.82) is 0 Å². The van der Waals surface area contributed by atoms with Crippen molar-refractivity contribution in [3.05, 3.63) is 93.0 Å². The van der Waals surface area contributed by atoms with Crippen LogP contribution in [0.15, 0.2) is 54.6 Å². The third kappa shape index (κ3) is 4.87. The maximum absolute atomic E-state index is 10.5. The first-order chi connectivity index (χ1) is 17.3. The predicted octanol–water partition coefficient (Wildman–Crippen LogP) is 6.46. The van der Waals surface area contributed by atoms with E-state index in [1.807, 2.05) is 26.0 Å². The van der Waals surface area contributed by atoms with Crippen LogP contribution < -0.4 is 4.74 Å². The fraction of sp³-hybridized carbons (Fsp3) is 0.419. The van der Waals surface area contributed by atoms with Gasteiger partial charge in [0.25, 0.3) is 0 Å². The second-order valence-corrected chi connectivity index (χ2v) is 11.2. The molecule has 1 N–H and O–H groups in total. The summed E-state index contributed by atoms with van der Waals surface area (Å²) in [6.07, 6.45) is 1.90. The normalized spacial score (nSPS) is 21.6. The summed E-state index contributed by atoms with van der Waals surface area (Å²) in [4.78, 5) is 5.15. The number of fused-ring (bicyclic) bond motifs is 1. The third-order valence-corrected chi connectivity index (χ3v) is 8.48. The van der Waals surface area contributed by atoms with Gasteiger partial charge < -0.3 is 9.84 Å². The molecule has 5 heteroatoms. The zero-order valence-electron chi connectivity index (χ0n) is 21.9. The first kappa shape index (κ1) is 25.1. The minimum atomic E-state index is -0.231. The summed E-state index contributed by atoms with van der Waals surface area (Å²) in [5, 5.41) is 11.3. The number of rotatable bonds is 5. The van der Waals surface area contributed by atoms with E-state index in [9.17, 15) is 5.11 Å². The molecule has 0 spiro atoms. The van der Waals surface area contributed by atoms with Crippen molar-refractivity contribution in [3.8, 4) is 11.5 Å². The molecular formula is C31H37ClN2O2. The third-order valence-electron chi connectivity index (χ3n) is 8.22. The maximum atomic E-state index is 10.5. The van der Waals surface area contributed by atoms with Crippen LogP contribution in [-0.2, 0) is 6.42 Å². The quantitative estimate of drug-likeness (QED) is 0.432. The van der Waals surface area contributed by atoms with Crippen molar-refractivity contribution >= 4 is 11.6 Å². The summed E-state index contributed by atoms with van der Waals surface area (Å²) < 4.78 is 6.71. The molecule has 1 fully saturated rings. The van der Waals surface area contributed by atoms with Crippen LogP contribution in [-0.4, -0.2) is 53.2 Å². The molecule has 0 aromatic heterocycles. The van der Waals surface area contributed by atoms with E-state index in [1.165, 1.54) is 16.7 Å². The number of nitrogens with zero attached hydrogens (tertiary/aromatic N) is 2. The molecular weight excluding hydrogens is 468 g/mol. The van der Waals surface area contributed by atoms with Gasteiger partial charge in [0.05, 0.1) is 6.04 Å². The summed E-state index contributed by atoms with van der Waals surface area (Å²) in [7, 11) is 0. The molecule has 190 valence electrons. The lowest BCUT2D eigenvalue weighted by molar-refractivity contribution is 0.00479. The lowest BCUT2D eigenvalue weighted by Crippen LogP contribution is -2.54. The molecule has 5 rings (SSSR count). The van der Waals surface area contributed by atoms with Gasteiger partial charge in [0, 0.05) is 43.3 Å². The molecule has 0 bridgehead atoms. The van der Waals surface area contributed by atoms with Crippen molar-refractivity contribution in [2.45, 2.75) is 52.2 Å². The Morgan fingerprint density at radius 2 is 1.53 bits per heavy atom. The number of phenols is 1. The zero-order valence-corrected chi connectivity index (χ0v) is 22.6. The van der Waals surface area contributed by atoms with Gasteiger partial charge >= 0.3 is 0 Å². The van der Waals surface area contributed by atoms with E-state index in [-0.39, 0.29) is 11.6 Å². The Labute approximate surface area is 220 Å². The fourth-order valence-corrected chi connectivity index (χ4v) is 6.08.